The molecule has 70 valence electrons. The molecule has 0 bridgehead atoms. The minimum atomic E-state index is -0.181. The lowest BCUT2D eigenvalue weighted by atomic mass is 10.3. The van der Waals surface area contributed by atoms with Gasteiger partial charge in [0.05, 0.1) is 6.54 Å². The number of rotatable bonds is 1. The number of amides is 1. The topological polar surface area (TPSA) is 45.5 Å². The van der Waals surface area contributed by atoms with Crippen molar-refractivity contribution >= 4 is 17.5 Å². The van der Waals surface area contributed by atoms with E-state index in [1.165, 1.54) is 0 Å². The minimum absolute atomic E-state index is 0.0000208. The van der Waals surface area contributed by atoms with Gasteiger partial charge in [-0.15, -0.1) is 0 Å². The van der Waals surface area contributed by atoms with Gasteiger partial charge in [-0.05, 0) is 30.8 Å². The molecule has 5 heteroatoms. The largest absolute Gasteiger partial charge is 0.446 e. The Kier molecular flexibility index (Phi) is 2.01. The van der Waals surface area contributed by atoms with Gasteiger partial charge in [-0.3, -0.25) is 9.69 Å². The monoisotopic (exact) mass is 200 g/mol. The number of hydrogen-bond acceptors (Lipinski definition) is 3. The van der Waals surface area contributed by atoms with Crippen LogP contribution >= 0.6 is 11.6 Å². The second-order valence-corrected chi connectivity index (χ2v) is 3.40. The SMILES string of the molecule is CN1CC(=O)NC1c1ccc(Cl)o1. The number of carbonyl (C=O) groups is 1. The summed E-state index contributed by atoms with van der Waals surface area (Å²) >= 11 is 5.63. The summed E-state index contributed by atoms with van der Waals surface area (Å²) in [6.45, 7) is 0.392. The second kappa shape index (κ2) is 3.05. The molecule has 1 atom stereocenters. The Balaban J connectivity index is 2.22. The number of furan rings is 1. The molecule has 4 nitrogen and oxygen atoms in total. The van der Waals surface area contributed by atoms with E-state index >= 15 is 0 Å². The average Bonchev–Trinajstić information content (AvgIpc) is 2.58. The quantitative estimate of drug-likeness (QED) is 0.736. The minimum Gasteiger partial charge on any atom is -0.446 e. The summed E-state index contributed by atoms with van der Waals surface area (Å²) < 4.78 is 5.20. The lowest BCUT2D eigenvalue weighted by Crippen LogP contribution is -2.23. The first kappa shape index (κ1) is 8.59. The first-order chi connectivity index (χ1) is 6.16. The van der Waals surface area contributed by atoms with E-state index in [1.54, 1.807) is 12.1 Å². The molecule has 0 saturated carbocycles. The highest BCUT2D eigenvalue weighted by atomic mass is 35.5. The van der Waals surface area contributed by atoms with Crippen molar-refractivity contribution < 1.29 is 9.21 Å². The normalized spacial score (nSPS) is 23.5. The molecular weight excluding hydrogens is 192 g/mol. The molecule has 1 N–H and O–H groups in total. The van der Waals surface area contributed by atoms with Crippen LogP contribution in [0.2, 0.25) is 5.22 Å². The zero-order valence-electron chi connectivity index (χ0n) is 7.08. The van der Waals surface area contributed by atoms with Gasteiger partial charge in [0.25, 0.3) is 0 Å². The Labute approximate surface area is 80.5 Å². The van der Waals surface area contributed by atoms with Crippen LogP contribution in [0.1, 0.15) is 11.9 Å². The molecule has 1 fully saturated rings. The third kappa shape index (κ3) is 1.55. The highest BCUT2D eigenvalue weighted by Crippen LogP contribution is 2.24. The van der Waals surface area contributed by atoms with Gasteiger partial charge in [0.1, 0.15) is 11.9 Å². The maximum absolute atomic E-state index is 11.0. The van der Waals surface area contributed by atoms with Gasteiger partial charge in [0.15, 0.2) is 5.22 Å². The van der Waals surface area contributed by atoms with Gasteiger partial charge in [0, 0.05) is 0 Å². The van der Waals surface area contributed by atoms with Crippen LogP contribution in [0.25, 0.3) is 0 Å². The Morgan fingerprint density at radius 2 is 2.46 bits per heavy atom. The van der Waals surface area contributed by atoms with Crippen molar-refractivity contribution in [2.45, 2.75) is 6.17 Å². The average molecular weight is 201 g/mol. The molecule has 1 aromatic heterocycles. The summed E-state index contributed by atoms with van der Waals surface area (Å²) in [7, 11) is 1.85. The van der Waals surface area contributed by atoms with Crippen LogP contribution < -0.4 is 5.32 Å². The van der Waals surface area contributed by atoms with Crippen molar-refractivity contribution in [3.63, 3.8) is 0 Å². The van der Waals surface area contributed by atoms with Crippen LogP contribution in [0.5, 0.6) is 0 Å². The lowest BCUT2D eigenvalue weighted by molar-refractivity contribution is -0.118. The third-order valence-electron chi connectivity index (χ3n) is 1.99. The van der Waals surface area contributed by atoms with E-state index in [2.05, 4.69) is 5.32 Å². The Morgan fingerprint density at radius 3 is 2.92 bits per heavy atom. The highest BCUT2D eigenvalue weighted by molar-refractivity contribution is 6.28. The van der Waals surface area contributed by atoms with E-state index in [1.807, 2.05) is 11.9 Å². The van der Waals surface area contributed by atoms with E-state index in [0.717, 1.165) is 0 Å². The molecule has 0 aromatic carbocycles. The standard InChI is InChI=1S/C8H9ClN2O2/c1-11-4-7(12)10-8(11)5-2-3-6(9)13-5/h2-3,8H,4H2,1H3,(H,10,12). The first-order valence-corrected chi connectivity index (χ1v) is 4.29. The molecule has 1 aliphatic rings. The van der Waals surface area contributed by atoms with E-state index in [4.69, 9.17) is 16.0 Å². The molecule has 2 rings (SSSR count). The molecule has 0 radical (unpaired) electrons. The fourth-order valence-corrected chi connectivity index (χ4v) is 1.54. The van der Waals surface area contributed by atoms with Crippen molar-refractivity contribution in [1.82, 2.24) is 10.2 Å². The molecule has 1 unspecified atom stereocenters. The Hall–Kier alpha value is -1.00. The fraction of sp³-hybridized carbons (Fsp3) is 0.375. The van der Waals surface area contributed by atoms with Gasteiger partial charge >= 0.3 is 0 Å². The summed E-state index contributed by atoms with van der Waals surface area (Å²) in [4.78, 5) is 12.9. The fourth-order valence-electron chi connectivity index (χ4n) is 1.39. The summed E-state index contributed by atoms with van der Waals surface area (Å²) in [5.41, 5.74) is 0. The molecule has 1 saturated heterocycles. The van der Waals surface area contributed by atoms with Crippen LogP contribution in [-0.2, 0) is 4.79 Å². The van der Waals surface area contributed by atoms with Crippen molar-refractivity contribution in [3.05, 3.63) is 23.1 Å². The van der Waals surface area contributed by atoms with Crippen LogP contribution in [0.3, 0.4) is 0 Å². The van der Waals surface area contributed by atoms with E-state index in [0.29, 0.717) is 17.5 Å². The molecule has 1 aliphatic heterocycles. The van der Waals surface area contributed by atoms with Gasteiger partial charge < -0.3 is 9.73 Å². The molecule has 13 heavy (non-hydrogen) atoms. The highest BCUT2D eigenvalue weighted by Gasteiger charge is 2.29. The number of halogens is 1. The maximum Gasteiger partial charge on any atom is 0.235 e. The number of carbonyl (C=O) groups excluding carboxylic acids is 1. The van der Waals surface area contributed by atoms with Crippen LogP contribution in [-0.4, -0.2) is 24.4 Å². The van der Waals surface area contributed by atoms with E-state index in [9.17, 15) is 4.79 Å². The number of likely N-dealkylation sites (N-methyl/N-ethyl adjacent to an activating group) is 1. The van der Waals surface area contributed by atoms with Crippen molar-refractivity contribution in [1.29, 1.82) is 0 Å². The molecule has 0 aliphatic carbocycles. The number of nitrogens with zero attached hydrogens (tertiary/aromatic N) is 1. The molecule has 2 heterocycles. The maximum atomic E-state index is 11.0. The molecular formula is C8H9ClN2O2. The number of hydrogen-bond donors (Lipinski definition) is 1. The summed E-state index contributed by atoms with van der Waals surface area (Å²) in [6, 6.07) is 3.42. The van der Waals surface area contributed by atoms with Crippen molar-refractivity contribution in [2.24, 2.45) is 0 Å². The molecule has 1 aromatic rings. The first-order valence-electron chi connectivity index (χ1n) is 3.91. The number of nitrogens with one attached hydrogen (secondary N) is 1. The Bertz CT molecular complexity index is 337. The van der Waals surface area contributed by atoms with Gasteiger partial charge in [-0.2, -0.15) is 0 Å². The second-order valence-electron chi connectivity index (χ2n) is 3.03. The smallest absolute Gasteiger partial charge is 0.235 e. The predicted molar refractivity (Wildman–Crippen MR) is 47.2 cm³/mol. The van der Waals surface area contributed by atoms with Crippen LogP contribution in [0, 0.1) is 0 Å². The zero-order chi connectivity index (χ0) is 9.42. The van der Waals surface area contributed by atoms with Crippen molar-refractivity contribution in [2.75, 3.05) is 13.6 Å². The predicted octanol–water partition coefficient (Wildman–Crippen LogP) is 0.993. The van der Waals surface area contributed by atoms with Gasteiger partial charge in [0.2, 0.25) is 5.91 Å². The van der Waals surface area contributed by atoms with E-state index < -0.39 is 0 Å². The van der Waals surface area contributed by atoms with Crippen molar-refractivity contribution in [3.8, 4) is 0 Å². The van der Waals surface area contributed by atoms with E-state index in [-0.39, 0.29) is 12.1 Å². The van der Waals surface area contributed by atoms with Crippen LogP contribution in [0.4, 0.5) is 0 Å². The summed E-state index contributed by atoms with van der Waals surface area (Å²) in [5.74, 6) is 0.665. The summed E-state index contributed by atoms with van der Waals surface area (Å²) in [6.07, 6.45) is -0.181. The zero-order valence-corrected chi connectivity index (χ0v) is 7.84. The third-order valence-corrected chi connectivity index (χ3v) is 2.20. The van der Waals surface area contributed by atoms with Crippen LogP contribution in [0.15, 0.2) is 16.5 Å². The van der Waals surface area contributed by atoms with Gasteiger partial charge in [-0.1, -0.05) is 0 Å². The molecule has 1 amide bonds. The van der Waals surface area contributed by atoms with Gasteiger partial charge in [-0.25, -0.2) is 0 Å². The Morgan fingerprint density at radius 1 is 1.69 bits per heavy atom. The molecule has 0 spiro atoms. The lowest BCUT2D eigenvalue weighted by Gasteiger charge is -2.14. The summed E-state index contributed by atoms with van der Waals surface area (Å²) in [5, 5.41) is 3.11.